The van der Waals surface area contributed by atoms with Gasteiger partial charge in [0.05, 0.1) is 6.61 Å². The molecule has 0 aliphatic carbocycles. The summed E-state index contributed by atoms with van der Waals surface area (Å²) < 4.78 is 6.78. The number of carbonyl (C=O) groups is 1. The standard InChI is InChI=1S/C19H17N3O3.H2O/c1-2-25-19(23)18(22-12-17(21-24)20-13-22)16-10-8-15(9-11-16)14-6-4-3-5-7-14;/h3-13,18H,2H2,1H3;1H2. The van der Waals surface area contributed by atoms with Crippen molar-refractivity contribution >= 4 is 11.8 Å². The molecule has 3 aromatic rings. The fourth-order valence-corrected chi connectivity index (χ4v) is 2.69. The largest absolute Gasteiger partial charge is 0.870 e. The fraction of sp³-hybridized carbons (Fsp3) is 0.158. The van der Waals surface area contributed by atoms with E-state index in [1.165, 1.54) is 12.5 Å². The van der Waals surface area contributed by atoms with Gasteiger partial charge < -0.3 is 10.2 Å². The summed E-state index contributed by atoms with van der Waals surface area (Å²) in [5.74, 6) is -0.244. The van der Waals surface area contributed by atoms with Crippen molar-refractivity contribution in [2.24, 2.45) is 5.18 Å². The van der Waals surface area contributed by atoms with Crippen molar-refractivity contribution in [2.45, 2.75) is 13.0 Å². The monoisotopic (exact) mass is 353 g/mol. The number of ether oxygens (including phenoxy) is 1. The number of hydrogen-bond donors (Lipinski definition) is 1. The van der Waals surface area contributed by atoms with E-state index in [-0.39, 0.29) is 17.9 Å². The SMILES string of the molecule is CCOC(=O)C(c1ccc(-c2ccccc2)cc1)[n+]1c[nH]c(N=O)c1.[OH-]. The molecular weight excluding hydrogens is 334 g/mol. The first-order valence-corrected chi connectivity index (χ1v) is 7.97. The Morgan fingerprint density at radius 2 is 1.77 bits per heavy atom. The lowest BCUT2D eigenvalue weighted by molar-refractivity contribution is -0.700. The van der Waals surface area contributed by atoms with E-state index in [0.29, 0.717) is 0 Å². The van der Waals surface area contributed by atoms with Crippen LogP contribution in [0.15, 0.2) is 72.3 Å². The zero-order valence-electron chi connectivity index (χ0n) is 14.2. The highest BCUT2D eigenvalue weighted by Gasteiger charge is 2.29. The molecule has 1 unspecified atom stereocenters. The Hall–Kier alpha value is -3.32. The van der Waals surface area contributed by atoms with Gasteiger partial charge in [0.2, 0.25) is 12.4 Å². The van der Waals surface area contributed by atoms with E-state index in [1.807, 2.05) is 54.6 Å². The Balaban J connectivity index is 0.00000243. The molecule has 3 rings (SSSR count). The predicted molar refractivity (Wildman–Crippen MR) is 95.0 cm³/mol. The maximum Gasteiger partial charge on any atom is 0.356 e. The van der Waals surface area contributed by atoms with E-state index in [2.05, 4.69) is 10.2 Å². The molecule has 0 radical (unpaired) electrons. The molecule has 0 fully saturated rings. The molecule has 1 aromatic heterocycles. The van der Waals surface area contributed by atoms with Crippen LogP contribution in [0.4, 0.5) is 5.82 Å². The van der Waals surface area contributed by atoms with Gasteiger partial charge in [-0.2, -0.15) is 0 Å². The van der Waals surface area contributed by atoms with Crippen LogP contribution >= 0.6 is 0 Å². The van der Waals surface area contributed by atoms with Crippen molar-refractivity contribution in [3.63, 3.8) is 0 Å². The first-order chi connectivity index (χ1) is 12.2. The number of aromatic amines is 1. The van der Waals surface area contributed by atoms with Gasteiger partial charge in [-0.15, -0.1) is 4.91 Å². The molecular formula is C19H19N3O4. The molecule has 134 valence electrons. The van der Waals surface area contributed by atoms with Crippen LogP contribution in [0.5, 0.6) is 0 Å². The molecule has 0 amide bonds. The second-order valence-electron chi connectivity index (χ2n) is 5.47. The third kappa shape index (κ3) is 4.01. The lowest BCUT2D eigenvalue weighted by Gasteiger charge is -2.13. The number of hydrogen-bond acceptors (Lipinski definition) is 5. The average Bonchev–Trinajstić information content (AvgIpc) is 3.12. The molecule has 0 saturated carbocycles. The minimum Gasteiger partial charge on any atom is -0.870 e. The van der Waals surface area contributed by atoms with E-state index in [9.17, 15) is 9.70 Å². The lowest BCUT2D eigenvalue weighted by Crippen LogP contribution is -2.43. The molecule has 1 heterocycles. The number of H-pyrrole nitrogens is 1. The highest BCUT2D eigenvalue weighted by Crippen LogP contribution is 2.23. The molecule has 0 spiro atoms. The Morgan fingerprint density at radius 1 is 1.12 bits per heavy atom. The minimum absolute atomic E-state index is 0. The third-order valence-corrected chi connectivity index (χ3v) is 3.87. The van der Waals surface area contributed by atoms with Crippen LogP contribution in [0.25, 0.3) is 11.1 Å². The summed E-state index contributed by atoms with van der Waals surface area (Å²) in [6.45, 7) is 2.04. The Labute approximate surface area is 150 Å². The van der Waals surface area contributed by atoms with E-state index in [0.717, 1.165) is 16.7 Å². The van der Waals surface area contributed by atoms with Crippen molar-refractivity contribution in [2.75, 3.05) is 6.61 Å². The smallest absolute Gasteiger partial charge is 0.356 e. The minimum atomic E-state index is -0.684. The van der Waals surface area contributed by atoms with Crippen LogP contribution in [-0.2, 0) is 9.53 Å². The quantitative estimate of drug-likeness (QED) is 0.417. The summed E-state index contributed by atoms with van der Waals surface area (Å²) in [7, 11) is 0. The second kappa shape index (κ2) is 8.68. The van der Waals surface area contributed by atoms with E-state index in [4.69, 9.17) is 4.74 Å². The van der Waals surface area contributed by atoms with Crippen molar-refractivity contribution in [3.05, 3.63) is 77.6 Å². The summed E-state index contributed by atoms with van der Waals surface area (Å²) in [6, 6.07) is 17.0. The number of nitrogens with zero attached hydrogens (tertiary/aromatic N) is 2. The maximum absolute atomic E-state index is 12.4. The highest BCUT2D eigenvalue weighted by molar-refractivity contribution is 5.76. The molecule has 7 nitrogen and oxygen atoms in total. The zero-order chi connectivity index (χ0) is 17.6. The van der Waals surface area contributed by atoms with Crippen molar-refractivity contribution in [1.29, 1.82) is 0 Å². The van der Waals surface area contributed by atoms with E-state index < -0.39 is 12.0 Å². The van der Waals surface area contributed by atoms with Gasteiger partial charge in [-0.25, -0.2) is 14.3 Å². The first kappa shape index (κ1) is 19.0. The number of aromatic nitrogens is 2. The fourth-order valence-electron chi connectivity index (χ4n) is 2.69. The van der Waals surface area contributed by atoms with Gasteiger partial charge in [0, 0.05) is 10.7 Å². The van der Waals surface area contributed by atoms with Crippen LogP contribution in [0, 0.1) is 4.91 Å². The van der Waals surface area contributed by atoms with Crippen LogP contribution < -0.4 is 4.57 Å². The molecule has 0 aliphatic heterocycles. The van der Waals surface area contributed by atoms with Crippen LogP contribution in [0.2, 0.25) is 0 Å². The van der Waals surface area contributed by atoms with Gasteiger partial charge in [0.25, 0.3) is 5.82 Å². The molecule has 7 heteroatoms. The van der Waals surface area contributed by atoms with E-state index >= 15 is 0 Å². The molecule has 2 N–H and O–H groups in total. The normalized spacial score (nSPS) is 11.3. The number of esters is 1. The van der Waals surface area contributed by atoms with Gasteiger partial charge in [0.15, 0.2) is 6.20 Å². The van der Waals surface area contributed by atoms with Gasteiger partial charge in [-0.05, 0) is 18.1 Å². The predicted octanol–water partition coefficient (Wildman–Crippen LogP) is 3.34. The van der Waals surface area contributed by atoms with Gasteiger partial charge in [-0.3, -0.25) is 0 Å². The Kier molecular flexibility index (Phi) is 6.35. The van der Waals surface area contributed by atoms with Gasteiger partial charge in [0.1, 0.15) is 0 Å². The summed E-state index contributed by atoms with van der Waals surface area (Å²) in [6.07, 6.45) is 3.02. The highest BCUT2D eigenvalue weighted by atomic mass is 16.5. The van der Waals surface area contributed by atoms with Gasteiger partial charge >= 0.3 is 5.97 Å². The van der Waals surface area contributed by atoms with E-state index in [1.54, 1.807) is 11.5 Å². The first-order valence-electron chi connectivity index (χ1n) is 7.97. The second-order valence-corrected chi connectivity index (χ2v) is 5.47. The summed E-state index contributed by atoms with van der Waals surface area (Å²) in [5.41, 5.74) is 2.92. The number of rotatable bonds is 6. The van der Waals surface area contributed by atoms with Crippen molar-refractivity contribution in [1.82, 2.24) is 4.98 Å². The molecule has 0 saturated heterocycles. The molecule has 26 heavy (non-hydrogen) atoms. The number of carbonyl (C=O) groups excluding carboxylic acids is 1. The molecule has 0 aliphatic rings. The number of imidazole rings is 1. The topological polar surface area (TPSA) is 105 Å². The van der Waals surface area contributed by atoms with Crippen LogP contribution in [-0.4, -0.2) is 23.0 Å². The maximum atomic E-state index is 12.4. The average molecular weight is 353 g/mol. The van der Waals surface area contributed by atoms with Gasteiger partial charge in [-0.1, -0.05) is 54.6 Å². The third-order valence-electron chi connectivity index (χ3n) is 3.87. The van der Waals surface area contributed by atoms with Crippen molar-refractivity contribution < 1.29 is 19.6 Å². The summed E-state index contributed by atoms with van der Waals surface area (Å²) in [4.78, 5) is 25.8. The van der Waals surface area contributed by atoms with Crippen molar-refractivity contribution in [3.8, 4) is 11.1 Å². The van der Waals surface area contributed by atoms with Crippen LogP contribution in [0.1, 0.15) is 18.5 Å². The Morgan fingerprint density at radius 3 is 2.35 bits per heavy atom. The lowest BCUT2D eigenvalue weighted by atomic mass is 10.0. The molecule has 2 aromatic carbocycles. The molecule has 0 bridgehead atoms. The van der Waals surface area contributed by atoms with Crippen LogP contribution in [0.3, 0.4) is 0 Å². The number of nitrogens with one attached hydrogen (secondary N) is 1. The number of nitroso groups, excluding NO2 is 1. The Bertz CT molecular complexity index is 860. The number of benzene rings is 2. The summed E-state index contributed by atoms with van der Waals surface area (Å²) in [5, 5.41) is 2.85. The summed E-state index contributed by atoms with van der Waals surface area (Å²) >= 11 is 0. The zero-order valence-corrected chi connectivity index (χ0v) is 14.2. The molecule has 1 atom stereocenters.